The third-order valence-electron chi connectivity index (χ3n) is 2.58. The van der Waals surface area contributed by atoms with Crippen LogP contribution in [0.3, 0.4) is 0 Å². The van der Waals surface area contributed by atoms with Crippen molar-refractivity contribution in [2.75, 3.05) is 0 Å². The van der Waals surface area contributed by atoms with E-state index in [1.165, 1.54) is 11.3 Å². The van der Waals surface area contributed by atoms with Gasteiger partial charge in [0, 0.05) is 31.9 Å². The van der Waals surface area contributed by atoms with E-state index in [0.717, 1.165) is 12.4 Å². The lowest BCUT2D eigenvalue weighted by Crippen LogP contribution is -2.14. The lowest BCUT2D eigenvalue weighted by molar-refractivity contribution is 0.645. The second-order valence-corrected chi connectivity index (χ2v) is 3.82. The van der Waals surface area contributed by atoms with E-state index in [4.69, 9.17) is 0 Å². The Kier molecular flexibility index (Phi) is 3.00. The van der Waals surface area contributed by atoms with E-state index < -0.39 is 0 Å². The van der Waals surface area contributed by atoms with Crippen LogP contribution >= 0.6 is 0 Å². The topological polar surface area (TPSA) is 60.6 Å². The summed E-state index contributed by atoms with van der Waals surface area (Å²) in [4.78, 5) is 4.14. The average molecular weight is 220 g/mol. The van der Waals surface area contributed by atoms with Crippen LogP contribution in [0.4, 0.5) is 0 Å². The van der Waals surface area contributed by atoms with Crippen molar-refractivity contribution in [2.24, 2.45) is 14.1 Å². The molecule has 0 aromatic carbocycles. The summed E-state index contributed by atoms with van der Waals surface area (Å²) < 4.78 is 3.57. The summed E-state index contributed by atoms with van der Waals surface area (Å²) in [6.07, 6.45) is 3.58. The SMILES string of the molecule is Cc1c(CNCc2ncn(C)n2)cnn1C. The largest absolute Gasteiger partial charge is 0.306 e. The highest BCUT2D eigenvalue weighted by atomic mass is 15.3. The van der Waals surface area contributed by atoms with E-state index in [1.807, 2.05) is 25.0 Å². The standard InChI is InChI=1S/C10H16N6/c1-8-9(5-13-16(8)3)4-11-6-10-12-7-15(2)14-10/h5,7,11H,4,6H2,1-3H3. The quantitative estimate of drug-likeness (QED) is 0.796. The van der Waals surface area contributed by atoms with Crippen LogP contribution in [0.2, 0.25) is 0 Å². The fourth-order valence-electron chi connectivity index (χ4n) is 1.49. The van der Waals surface area contributed by atoms with Crippen LogP contribution in [0, 0.1) is 6.92 Å². The van der Waals surface area contributed by atoms with Crippen LogP contribution in [-0.2, 0) is 27.2 Å². The number of aromatic nitrogens is 5. The van der Waals surface area contributed by atoms with Crippen molar-refractivity contribution in [3.8, 4) is 0 Å². The van der Waals surface area contributed by atoms with Crippen molar-refractivity contribution in [1.82, 2.24) is 29.9 Å². The van der Waals surface area contributed by atoms with Crippen molar-refractivity contribution >= 4 is 0 Å². The van der Waals surface area contributed by atoms with Gasteiger partial charge in [0.15, 0.2) is 5.82 Å². The monoisotopic (exact) mass is 220 g/mol. The van der Waals surface area contributed by atoms with E-state index in [2.05, 4.69) is 27.4 Å². The minimum Gasteiger partial charge on any atom is -0.306 e. The molecule has 16 heavy (non-hydrogen) atoms. The number of nitrogens with zero attached hydrogens (tertiary/aromatic N) is 5. The Hall–Kier alpha value is -1.69. The molecular formula is C10H16N6. The van der Waals surface area contributed by atoms with Gasteiger partial charge in [0.2, 0.25) is 0 Å². The number of hydrogen-bond acceptors (Lipinski definition) is 4. The first-order valence-electron chi connectivity index (χ1n) is 5.19. The summed E-state index contributed by atoms with van der Waals surface area (Å²) in [6, 6.07) is 0. The molecule has 0 amide bonds. The second-order valence-electron chi connectivity index (χ2n) is 3.82. The Morgan fingerprint density at radius 2 is 2.12 bits per heavy atom. The zero-order valence-corrected chi connectivity index (χ0v) is 9.80. The van der Waals surface area contributed by atoms with Crippen LogP contribution in [0.15, 0.2) is 12.5 Å². The van der Waals surface area contributed by atoms with Gasteiger partial charge < -0.3 is 5.32 Å². The predicted octanol–water partition coefficient (Wildman–Crippen LogP) is 0.147. The van der Waals surface area contributed by atoms with E-state index in [9.17, 15) is 0 Å². The first-order chi connectivity index (χ1) is 7.66. The third-order valence-corrected chi connectivity index (χ3v) is 2.58. The number of aryl methyl sites for hydroxylation is 2. The lowest BCUT2D eigenvalue weighted by atomic mass is 10.2. The van der Waals surface area contributed by atoms with Gasteiger partial charge in [0.05, 0.1) is 12.7 Å². The Morgan fingerprint density at radius 3 is 2.69 bits per heavy atom. The molecule has 0 aliphatic heterocycles. The number of hydrogen-bond donors (Lipinski definition) is 1. The van der Waals surface area contributed by atoms with E-state index in [-0.39, 0.29) is 0 Å². The van der Waals surface area contributed by atoms with Gasteiger partial charge in [-0.15, -0.1) is 0 Å². The number of nitrogens with one attached hydrogen (secondary N) is 1. The van der Waals surface area contributed by atoms with Crippen molar-refractivity contribution in [3.63, 3.8) is 0 Å². The summed E-state index contributed by atoms with van der Waals surface area (Å²) in [7, 11) is 3.81. The van der Waals surface area contributed by atoms with Crippen LogP contribution in [0.5, 0.6) is 0 Å². The average Bonchev–Trinajstić information content (AvgIpc) is 2.79. The summed E-state index contributed by atoms with van der Waals surface area (Å²) in [5.41, 5.74) is 2.39. The summed E-state index contributed by atoms with van der Waals surface area (Å²) in [5, 5.41) is 11.7. The van der Waals surface area contributed by atoms with E-state index >= 15 is 0 Å². The van der Waals surface area contributed by atoms with Gasteiger partial charge in [0.1, 0.15) is 6.33 Å². The van der Waals surface area contributed by atoms with Crippen LogP contribution in [0.25, 0.3) is 0 Å². The van der Waals surface area contributed by atoms with Gasteiger partial charge in [-0.1, -0.05) is 0 Å². The van der Waals surface area contributed by atoms with Gasteiger partial charge in [-0.05, 0) is 6.92 Å². The molecule has 1 N–H and O–H groups in total. The molecule has 2 aromatic rings. The van der Waals surface area contributed by atoms with Crippen LogP contribution < -0.4 is 5.32 Å². The van der Waals surface area contributed by atoms with Gasteiger partial charge in [0.25, 0.3) is 0 Å². The molecule has 2 rings (SSSR count). The molecule has 0 unspecified atom stereocenters. The fourth-order valence-corrected chi connectivity index (χ4v) is 1.49. The molecule has 0 saturated heterocycles. The molecule has 0 aliphatic carbocycles. The van der Waals surface area contributed by atoms with Gasteiger partial charge in [-0.3, -0.25) is 9.36 Å². The zero-order valence-electron chi connectivity index (χ0n) is 9.80. The molecular weight excluding hydrogens is 204 g/mol. The summed E-state index contributed by atoms with van der Waals surface area (Å²) in [5.74, 6) is 0.809. The van der Waals surface area contributed by atoms with Gasteiger partial charge in [-0.25, -0.2) is 4.98 Å². The smallest absolute Gasteiger partial charge is 0.164 e. The fraction of sp³-hybridized carbons (Fsp3) is 0.500. The third kappa shape index (κ3) is 2.27. The molecule has 0 spiro atoms. The molecule has 0 atom stereocenters. The molecule has 86 valence electrons. The highest BCUT2D eigenvalue weighted by molar-refractivity contribution is 5.15. The predicted molar refractivity (Wildman–Crippen MR) is 59.5 cm³/mol. The van der Waals surface area contributed by atoms with E-state index in [0.29, 0.717) is 6.54 Å². The Labute approximate surface area is 94.3 Å². The molecule has 6 nitrogen and oxygen atoms in total. The maximum absolute atomic E-state index is 4.19. The van der Waals surface area contributed by atoms with Crippen molar-refractivity contribution < 1.29 is 0 Å². The minimum atomic E-state index is 0.676. The maximum Gasteiger partial charge on any atom is 0.164 e. The van der Waals surface area contributed by atoms with Crippen molar-refractivity contribution in [3.05, 3.63) is 29.6 Å². The van der Waals surface area contributed by atoms with Gasteiger partial charge >= 0.3 is 0 Å². The molecule has 0 fully saturated rings. The van der Waals surface area contributed by atoms with Crippen molar-refractivity contribution in [2.45, 2.75) is 20.0 Å². The van der Waals surface area contributed by atoms with Crippen LogP contribution in [-0.4, -0.2) is 24.5 Å². The highest BCUT2D eigenvalue weighted by Gasteiger charge is 2.03. The summed E-state index contributed by atoms with van der Waals surface area (Å²) >= 11 is 0. The maximum atomic E-state index is 4.19. The Morgan fingerprint density at radius 1 is 1.31 bits per heavy atom. The first-order valence-corrected chi connectivity index (χ1v) is 5.19. The lowest BCUT2D eigenvalue weighted by Gasteiger charge is -2.01. The van der Waals surface area contributed by atoms with Crippen molar-refractivity contribution in [1.29, 1.82) is 0 Å². The molecule has 2 aromatic heterocycles. The van der Waals surface area contributed by atoms with Crippen LogP contribution in [0.1, 0.15) is 17.1 Å². The molecule has 6 heteroatoms. The summed E-state index contributed by atoms with van der Waals surface area (Å²) in [6.45, 7) is 3.52. The molecule has 0 bridgehead atoms. The molecule has 0 aliphatic rings. The minimum absolute atomic E-state index is 0.676. The molecule has 0 radical (unpaired) electrons. The Balaban J connectivity index is 1.86. The Bertz CT molecular complexity index is 469. The highest BCUT2D eigenvalue weighted by Crippen LogP contribution is 2.04. The second kappa shape index (κ2) is 4.44. The van der Waals surface area contributed by atoms with Gasteiger partial charge in [-0.2, -0.15) is 10.2 Å². The first kappa shape index (κ1) is 10.8. The number of rotatable bonds is 4. The zero-order chi connectivity index (χ0) is 11.5. The molecule has 0 saturated carbocycles. The van der Waals surface area contributed by atoms with E-state index in [1.54, 1.807) is 11.0 Å². The molecule has 2 heterocycles. The normalized spacial score (nSPS) is 10.9.